The van der Waals surface area contributed by atoms with Crippen molar-refractivity contribution >= 4 is 28.4 Å². The Hall–Kier alpha value is -2.82. The third-order valence-corrected chi connectivity index (χ3v) is 3.53. The molecule has 5 heteroatoms. The number of carbonyl (C=O) groups is 1. The van der Waals surface area contributed by atoms with Gasteiger partial charge in [0.2, 0.25) is 0 Å². The van der Waals surface area contributed by atoms with Crippen LogP contribution in [0.5, 0.6) is 0 Å². The van der Waals surface area contributed by atoms with E-state index in [-0.39, 0.29) is 6.03 Å². The summed E-state index contributed by atoms with van der Waals surface area (Å²) in [5.41, 5.74) is 2.95. The summed E-state index contributed by atoms with van der Waals surface area (Å²) in [6.07, 6.45) is 3.63. The largest absolute Gasteiger partial charge is 0.346 e. The number of carbonyl (C=O) groups excluding carboxylic acids is 1. The van der Waals surface area contributed by atoms with Crippen LogP contribution in [0.1, 0.15) is 12.5 Å². The molecule has 3 aromatic rings. The maximum atomic E-state index is 12.2. The number of hydrogen-bond acceptors (Lipinski definition) is 2. The van der Waals surface area contributed by atoms with Gasteiger partial charge in [-0.2, -0.15) is 0 Å². The average Bonchev–Trinajstić information content (AvgIpc) is 2.85. The number of aryl methyl sites for hydroxylation is 2. The zero-order valence-corrected chi connectivity index (χ0v) is 12.6. The highest BCUT2D eigenvalue weighted by Gasteiger charge is 2.10. The summed E-state index contributed by atoms with van der Waals surface area (Å²) in [6, 6.07) is 11.4. The molecule has 0 saturated carbocycles. The lowest BCUT2D eigenvalue weighted by molar-refractivity contribution is 0.262. The minimum atomic E-state index is -0.294. The summed E-state index contributed by atoms with van der Waals surface area (Å²) in [5.74, 6) is 0.539. The molecule has 0 aliphatic rings. The third kappa shape index (κ3) is 2.79. The van der Waals surface area contributed by atoms with Gasteiger partial charge in [-0.1, -0.05) is 18.2 Å². The van der Waals surface area contributed by atoms with Crippen LogP contribution in [0.15, 0.2) is 48.8 Å². The SMILES string of the molecule is CCn1cc(NC(=O)Nc2cc(C)ccn2)c2ccccc21. The van der Waals surface area contributed by atoms with Crippen molar-refractivity contribution < 1.29 is 4.79 Å². The second-order valence-electron chi connectivity index (χ2n) is 5.14. The number of anilines is 2. The number of nitrogens with one attached hydrogen (secondary N) is 2. The number of urea groups is 1. The highest BCUT2D eigenvalue weighted by molar-refractivity contribution is 6.05. The van der Waals surface area contributed by atoms with Crippen molar-refractivity contribution in [2.45, 2.75) is 20.4 Å². The lowest BCUT2D eigenvalue weighted by Gasteiger charge is -2.06. The molecule has 0 radical (unpaired) electrons. The molecule has 1 aromatic carbocycles. The Bertz CT molecular complexity index is 822. The third-order valence-electron chi connectivity index (χ3n) is 3.53. The van der Waals surface area contributed by atoms with Gasteiger partial charge in [-0.3, -0.25) is 5.32 Å². The van der Waals surface area contributed by atoms with Gasteiger partial charge in [0.15, 0.2) is 0 Å². The van der Waals surface area contributed by atoms with E-state index in [1.54, 1.807) is 6.20 Å². The van der Waals surface area contributed by atoms with E-state index >= 15 is 0 Å². The van der Waals surface area contributed by atoms with Gasteiger partial charge < -0.3 is 9.88 Å². The summed E-state index contributed by atoms with van der Waals surface area (Å²) in [5, 5.41) is 6.67. The van der Waals surface area contributed by atoms with E-state index in [4.69, 9.17) is 0 Å². The van der Waals surface area contributed by atoms with Crippen LogP contribution in [0.4, 0.5) is 16.3 Å². The van der Waals surface area contributed by atoms with Crippen LogP contribution in [0, 0.1) is 6.92 Å². The molecule has 5 nitrogen and oxygen atoms in total. The molecule has 2 amide bonds. The first-order valence-electron chi connectivity index (χ1n) is 7.26. The Kier molecular flexibility index (Phi) is 3.78. The molecule has 0 unspecified atom stereocenters. The molecule has 2 heterocycles. The lowest BCUT2D eigenvalue weighted by atomic mass is 10.2. The zero-order chi connectivity index (χ0) is 15.5. The van der Waals surface area contributed by atoms with E-state index in [2.05, 4.69) is 27.1 Å². The van der Waals surface area contributed by atoms with Crippen molar-refractivity contribution in [3.8, 4) is 0 Å². The van der Waals surface area contributed by atoms with Gasteiger partial charge in [-0.05, 0) is 37.6 Å². The molecule has 0 fully saturated rings. The van der Waals surface area contributed by atoms with Gasteiger partial charge in [0, 0.05) is 24.3 Å². The maximum Gasteiger partial charge on any atom is 0.324 e. The Morgan fingerprint density at radius 2 is 2.05 bits per heavy atom. The van der Waals surface area contributed by atoms with Crippen molar-refractivity contribution in [3.63, 3.8) is 0 Å². The fourth-order valence-corrected chi connectivity index (χ4v) is 2.48. The lowest BCUT2D eigenvalue weighted by Crippen LogP contribution is -2.20. The smallest absolute Gasteiger partial charge is 0.324 e. The van der Waals surface area contributed by atoms with Crippen LogP contribution < -0.4 is 10.6 Å². The number of para-hydroxylation sites is 1. The summed E-state index contributed by atoms with van der Waals surface area (Å²) in [4.78, 5) is 16.3. The number of nitrogens with zero attached hydrogens (tertiary/aromatic N) is 2. The Balaban J connectivity index is 1.82. The number of hydrogen-bond donors (Lipinski definition) is 2. The van der Waals surface area contributed by atoms with Gasteiger partial charge in [0.05, 0.1) is 11.2 Å². The number of pyridine rings is 1. The molecule has 22 heavy (non-hydrogen) atoms. The fraction of sp³-hybridized carbons (Fsp3) is 0.176. The standard InChI is InChI=1S/C17H18N4O/c1-3-21-11-14(13-6-4-5-7-15(13)21)19-17(22)20-16-10-12(2)8-9-18-16/h4-11H,3H2,1-2H3,(H2,18,19,20,22). The molecule has 0 bridgehead atoms. The van der Waals surface area contributed by atoms with E-state index in [0.29, 0.717) is 5.82 Å². The molecular weight excluding hydrogens is 276 g/mol. The molecule has 3 rings (SSSR count). The molecule has 0 saturated heterocycles. The van der Waals surface area contributed by atoms with E-state index < -0.39 is 0 Å². The number of aromatic nitrogens is 2. The Morgan fingerprint density at radius 3 is 2.82 bits per heavy atom. The fourth-order valence-electron chi connectivity index (χ4n) is 2.48. The summed E-state index contributed by atoms with van der Waals surface area (Å²) < 4.78 is 2.11. The predicted octanol–water partition coefficient (Wildman–Crippen LogP) is 4.01. The van der Waals surface area contributed by atoms with Gasteiger partial charge >= 0.3 is 6.03 Å². The number of amides is 2. The number of rotatable bonds is 3. The average molecular weight is 294 g/mol. The first-order chi connectivity index (χ1) is 10.7. The van der Waals surface area contributed by atoms with Crippen LogP contribution in [0.25, 0.3) is 10.9 Å². The predicted molar refractivity (Wildman–Crippen MR) is 89.2 cm³/mol. The van der Waals surface area contributed by atoms with Gasteiger partial charge in [0.1, 0.15) is 5.82 Å². The minimum Gasteiger partial charge on any atom is -0.346 e. The molecule has 0 aliphatic carbocycles. The van der Waals surface area contributed by atoms with Crippen LogP contribution in [-0.4, -0.2) is 15.6 Å². The van der Waals surface area contributed by atoms with Crippen molar-refractivity contribution in [1.29, 1.82) is 0 Å². The molecule has 2 N–H and O–H groups in total. The second kappa shape index (κ2) is 5.89. The Labute approximate surface area is 129 Å². The summed E-state index contributed by atoms with van der Waals surface area (Å²) in [7, 11) is 0. The number of fused-ring (bicyclic) bond motifs is 1. The molecular formula is C17H18N4O. The molecule has 2 aromatic heterocycles. The van der Waals surface area contributed by atoms with E-state index in [1.807, 2.05) is 49.5 Å². The van der Waals surface area contributed by atoms with Crippen LogP contribution in [0.3, 0.4) is 0 Å². The summed E-state index contributed by atoms with van der Waals surface area (Å²) in [6.45, 7) is 4.88. The first-order valence-corrected chi connectivity index (χ1v) is 7.26. The normalized spacial score (nSPS) is 10.6. The monoisotopic (exact) mass is 294 g/mol. The Morgan fingerprint density at radius 1 is 1.23 bits per heavy atom. The van der Waals surface area contributed by atoms with E-state index in [0.717, 1.165) is 28.7 Å². The zero-order valence-electron chi connectivity index (χ0n) is 12.6. The quantitative estimate of drug-likeness (QED) is 0.766. The maximum absolute atomic E-state index is 12.2. The van der Waals surface area contributed by atoms with Crippen molar-refractivity contribution in [2.24, 2.45) is 0 Å². The second-order valence-corrected chi connectivity index (χ2v) is 5.14. The van der Waals surface area contributed by atoms with Gasteiger partial charge in [0.25, 0.3) is 0 Å². The van der Waals surface area contributed by atoms with Crippen molar-refractivity contribution in [2.75, 3.05) is 10.6 Å². The highest BCUT2D eigenvalue weighted by atomic mass is 16.2. The van der Waals surface area contributed by atoms with E-state index in [9.17, 15) is 4.79 Å². The first kappa shape index (κ1) is 14.1. The minimum absolute atomic E-state index is 0.294. The summed E-state index contributed by atoms with van der Waals surface area (Å²) >= 11 is 0. The van der Waals surface area contributed by atoms with Crippen LogP contribution in [0.2, 0.25) is 0 Å². The van der Waals surface area contributed by atoms with Gasteiger partial charge in [-0.25, -0.2) is 9.78 Å². The van der Waals surface area contributed by atoms with Crippen molar-refractivity contribution in [1.82, 2.24) is 9.55 Å². The molecule has 112 valence electrons. The topological polar surface area (TPSA) is 59.0 Å². The molecule has 0 atom stereocenters. The van der Waals surface area contributed by atoms with E-state index in [1.165, 1.54) is 0 Å². The van der Waals surface area contributed by atoms with Gasteiger partial charge in [-0.15, -0.1) is 0 Å². The molecule has 0 spiro atoms. The van der Waals surface area contributed by atoms with Crippen molar-refractivity contribution in [3.05, 3.63) is 54.4 Å². The molecule has 0 aliphatic heterocycles. The van der Waals surface area contributed by atoms with Crippen LogP contribution in [-0.2, 0) is 6.54 Å². The highest BCUT2D eigenvalue weighted by Crippen LogP contribution is 2.25. The van der Waals surface area contributed by atoms with Crippen LogP contribution >= 0.6 is 0 Å². The number of benzene rings is 1.